The largest absolute Gasteiger partial charge is 0.444 e. The van der Waals surface area contributed by atoms with E-state index in [-0.39, 0.29) is 6.61 Å². The van der Waals surface area contributed by atoms with Gasteiger partial charge in [0.2, 0.25) is 0 Å². The van der Waals surface area contributed by atoms with Crippen LogP contribution < -0.4 is 0 Å². The van der Waals surface area contributed by atoms with Gasteiger partial charge >= 0.3 is 6.09 Å². The summed E-state index contributed by atoms with van der Waals surface area (Å²) in [6, 6.07) is 4.31. The molecule has 7 nitrogen and oxygen atoms in total. The number of aromatic nitrogens is 1. The fourth-order valence-electron chi connectivity index (χ4n) is 3.34. The molecule has 1 amide bonds. The summed E-state index contributed by atoms with van der Waals surface area (Å²) in [5.41, 5.74) is -0.0542. The molecule has 4 atom stereocenters. The second-order valence-corrected chi connectivity index (χ2v) is 7.94. The van der Waals surface area contributed by atoms with E-state index in [4.69, 9.17) is 14.2 Å². The van der Waals surface area contributed by atoms with Gasteiger partial charge in [-0.15, -0.1) is 0 Å². The number of ether oxygens (including phenoxy) is 3. The molecular formula is C18H26N2O5. The number of aliphatic hydroxyl groups excluding tert-OH is 1. The zero-order chi connectivity index (χ0) is 18.4. The highest BCUT2D eigenvalue weighted by molar-refractivity contribution is 5.70. The smallest absolute Gasteiger partial charge is 0.411 e. The number of aliphatic hydroxyl groups is 1. The summed E-state index contributed by atoms with van der Waals surface area (Å²) in [7, 11) is 0. The molecule has 0 saturated carbocycles. The Labute approximate surface area is 147 Å². The average molecular weight is 350 g/mol. The molecule has 138 valence electrons. The summed E-state index contributed by atoms with van der Waals surface area (Å²) in [5.74, 6) is -0.819. The maximum absolute atomic E-state index is 12.9. The van der Waals surface area contributed by atoms with E-state index in [9.17, 15) is 9.90 Å². The lowest BCUT2D eigenvalue weighted by molar-refractivity contribution is -0.291. The first-order chi connectivity index (χ1) is 11.6. The predicted octanol–water partition coefficient (Wildman–Crippen LogP) is 2.25. The Morgan fingerprint density at radius 1 is 1.40 bits per heavy atom. The van der Waals surface area contributed by atoms with Crippen molar-refractivity contribution in [1.29, 1.82) is 0 Å². The van der Waals surface area contributed by atoms with Gasteiger partial charge in [0.25, 0.3) is 0 Å². The van der Waals surface area contributed by atoms with Crippen LogP contribution in [0.25, 0.3) is 0 Å². The highest BCUT2D eigenvalue weighted by Gasteiger charge is 2.57. The molecule has 0 radical (unpaired) electrons. The second kappa shape index (κ2) is 6.23. The van der Waals surface area contributed by atoms with Crippen LogP contribution in [0.5, 0.6) is 0 Å². The number of nitrogens with zero attached hydrogens (tertiary/aromatic N) is 2. The quantitative estimate of drug-likeness (QED) is 0.837. The standard InChI is InChI=1S/C18H26N2O5/c1-17(2,3)25-16(22)20-12-10-23-18(4,5)24-15(12)14(21)13(20)11-8-6-7-9-19-11/h6-9,12-15,21H,10H2,1-5H3/t12-,13+,14+,15-/m1/s1. The molecule has 0 aromatic carbocycles. The van der Waals surface area contributed by atoms with Crippen LogP contribution in [0.1, 0.15) is 46.4 Å². The molecule has 7 heteroatoms. The number of fused-ring (bicyclic) bond motifs is 1. The minimum Gasteiger partial charge on any atom is -0.444 e. The normalized spacial score (nSPS) is 31.5. The Hall–Kier alpha value is -1.70. The molecule has 0 unspecified atom stereocenters. The van der Waals surface area contributed by atoms with Crippen molar-refractivity contribution in [3.05, 3.63) is 30.1 Å². The van der Waals surface area contributed by atoms with Crippen LogP contribution in [-0.2, 0) is 14.2 Å². The van der Waals surface area contributed by atoms with E-state index >= 15 is 0 Å². The summed E-state index contributed by atoms with van der Waals surface area (Å²) in [4.78, 5) is 18.7. The molecule has 3 heterocycles. The summed E-state index contributed by atoms with van der Waals surface area (Å²) in [6.45, 7) is 9.27. The number of hydrogen-bond donors (Lipinski definition) is 1. The number of pyridine rings is 1. The molecular weight excluding hydrogens is 324 g/mol. The van der Waals surface area contributed by atoms with Crippen molar-refractivity contribution in [2.45, 2.75) is 70.3 Å². The van der Waals surface area contributed by atoms with Gasteiger partial charge in [-0.05, 0) is 46.8 Å². The van der Waals surface area contributed by atoms with Crippen molar-refractivity contribution in [3.8, 4) is 0 Å². The number of hydrogen-bond acceptors (Lipinski definition) is 6. The number of amides is 1. The number of carbonyl (C=O) groups excluding carboxylic acids is 1. The van der Waals surface area contributed by atoms with Crippen LogP contribution in [0.15, 0.2) is 24.4 Å². The van der Waals surface area contributed by atoms with E-state index in [0.717, 1.165) is 0 Å². The molecule has 2 aliphatic heterocycles. The van der Waals surface area contributed by atoms with Gasteiger partial charge in [-0.3, -0.25) is 9.88 Å². The van der Waals surface area contributed by atoms with Crippen LogP contribution in [0, 0.1) is 0 Å². The fourth-order valence-corrected chi connectivity index (χ4v) is 3.34. The van der Waals surface area contributed by atoms with Crippen molar-refractivity contribution in [1.82, 2.24) is 9.88 Å². The first-order valence-electron chi connectivity index (χ1n) is 8.51. The Morgan fingerprint density at radius 2 is 2.12 bits per heavy atom. The Balaban J connectivity index is 1.97. The van der Waals surface area contributed by atoms with Crippen LogP contribution in [-0.4, -0.2) is 57.3 Å². The second-order valence-electron chi connectivity index (χ2n) is 7.94. The lowest BCUT2D eigenvalue weighted by Gasteiger charge is -2.40. The lowest BCUT2D eigenvalue weighted by Crippen LogP contribution is -2.54. The van der Waals surface area contributed by atoms with E-state index in [1.54, 1.807) is 32.2 Å². The van der Waals surface area contributed by atoms with Crippen LogP contribution in [0.4, 0.5) is 4.79 Å². The molecule has 2 fully saturated rings. The zero-order valence-corrected chi connectivity index (χ0v) is 15.3. The van der Waals surface area contributed by atoms with Gasteiger partial charge < -0.3 is 19.3 Å². The first kappa shape index (κ1) is 18.1. The predicted molar refractivity (Wildman–Crippen MR) is 89.7 cm³/mol. The van der Waals surface area contributed by atoms with Crippen molar-refractivity contribution in [2.75, 3.05) is 6.61 Å². The molecule has 0 spiro atoms. The van der Waals surface area contributed by atoms with E-state index in [1.807, 2.05) is 26.8 Å². The Bertz CT molecular complexity index is 628. The van der Waals surface area contributed by atoms with Gasteiger partial charge in [0.05, 0.1) is 18.3 Å². The van der Waals surface area contributed by atoms with Gasteiger partial charge in [-0.25, -0.2) is 4.79 Å². The third-order valence-electron chi connectivity index (χ3n) is 4.31. The minimum absolute atomic E-state index is 0.261. The van der Waals surface area contributed by atoms with E-state index < -0.39 is 41.8 Å². The van der Waals surface area contributed by atoms with Gasteiger partial charge in [0.1, 0.15) is 23.9 Å². The Morgan fingerprint density at radius 3 is 2.72 bits per heavy atom. The summed E-state index contributed by atoms with van der Waals surface area (Å²) >= 11 is 0. The van der Waals surface area contributed by atoms with E-state index in [0.29, 0.717) is 5.69 Å². The molecule has 3 rings (SSSR count). The van der Waals surface area contributed by atoms with Crippen molar-refractivity contribution in [2.24, 2.45) is 0 Å². The molecule has 2 aliphatic rings. The monoisotopic (exact) mass is 350 g/mol. The lowest BCUT2D eigenvalue weighted by atomic mass is 10.0. The van der Waals surface area contributed by atoms with Gasteiger partial charge in [0.15, 0.2) is 5.79 Å². The van der Waals surface area contributed by atoms with Crippen molar-refractivity contribution in [3.63, 3.8) is 0 Å². The van der Waals surface area contributed by atoms with Gasteiger partial charge in [-0.1, -0.05) is 6.07 Å². The van der Waals surface area contributed by atoms with Crippen molar-refractivity contribution >= 4 is 6.09 Å². The minimum atomic E-state index is -0.921. The van der Waals surface area contributed by atoms with E-state index in [1.165, 1.54) is 4.90 Å². The molecule has 1 aromatic rings. The zero-order valence-electron chi connectivity index (χ0n) is 15.3. The fraction of sp³-hybridized carbons (Fsp3) is 0.667. The van der Waals surface area contributed by atoms with Crippen LogP contribution >= 0.6 is 0 Å². The molecule has 25 heavy (non-hydrogen) atoms. The van der Waals surface area contributed by atoms with Crippen LogP contribution in [0.3, 0.4) is 0 Å². The average Bonchev–Trinajstić information content (AvgIpc) is 2.78. The number of carbonyl (C=O) groups is 1. The summed E-state index contributed by atoms with van der Waals surface area (Å²) < 4.78 is 17.2. The topological polar surface area (TPSA) is 81.1 Å². The highest BCUT2D eigenvalue weighted by atomic mass is 16.7. The number of rotatable bonds is 1. The SMILES string of the molecule is CC(C)(C)OC(=O)N1[C@@H]2COC(C)(C)O[C@H]2[C@@H](O)[C@@H]1c1ccccn1. The third-order valence-corrected chi connectivity index (χ3v) is 4.31. The number of likely N-dealkylation sites (tertiary alicyclic amines) is 1. The highest BCUT2D eigenvalue weighted by Crippen LogP contribution is 2.42. The van der Waals surface area contributed by atoms with Crippen molar-refractivity contribution < 1.29 is 24.1 Å². The van der Waals surface area contributed by atoms with E-state index in [2.05, 4.69) is 4.98 Å². The molecule has 1 aromatic heterocycles. The first-order valence-corrected chi connectivity index (χ1v) is 8.51. The third kappa shape index (κ3) is 3.63. The van der Waals surface area contributed by atoms with Gasteiger partial charge in [0, 0.05) is 6.20 Å². The molecule has 0 bridgehead atoms. The summed E-state index contributed by atoms with van der Waals surface area (Å²) in [5, 5.41) is 10.9. The molecule has 2 saturated heterocycles. The molecule has 1 N–H and O–H groups in total. The Kier molecular flexibility index (Phi) is 4.51. The maximum atomic E-state index is 12.9. The molecule has 0 aliphatic carbocycles. The summed E-state index contributed by atoms with van der Waals surface area (Å²) in [6.07, 6.45) is -0.362. The van der Waals surface area contributed by atoms with Gasteiger partial charge in [-0.2, -0.15) is 0 Å². The maximum Gasteiger partial charge on any atom is 0.411 e. The van der Waals surface area contributed by atoms with Crippen LogP contribution in [0.2, 0.25) is 0 Å².